The molecule has 0 aromatic carbocycles. The van der Waals surface area contributed by atoms with Gasteiger partial charge >= 0.3 is 5.97 Å². The van der Waals surface area contributed by atoms with Crippen molar-refractivity contribution < 1.29 is 24.5 Å². The van der Waals surface area contributed by atoms with Gasteiger partial charge < -0.3 is 20.3 Å². The van der Waals surface area contributed by atoms with Crippen LogP contribution in [0.25, 0.3) is 0 Å². The third-order valence-corrected chi connectivity index (χ3v) is 10.6. The Balaban J connectivity index is 4.59. The van der Waals surface area contributed by atoms with Crippen molar-refractivity contribution in [3.05, 3.63) is 12.2 Å². The fourth-order valence-electron chi connectivity index (χ4n) is 7.08. The molecule has 6 heteroatoms. The summed E-state index contributed by atoms with van der Waals surface area (Å²) in [5.74, 6) is -0.494. The molecule has 0 aromatic rings. The first-order valence-electron chi connectivity index (χ1n) is 22.9. The molecule has 0 fully saturated rings. The number of amides is 1. The fraction of sp³-hybridized carbons (Fsp3) is 0.913. The van der Waals surface area contributed by atoms with Crippen LogP contribution in [0.2, 0.25) is 0 Å². The van der Waals surface area contributed by atoms with Gasteiger partial charge in [0.1, 0.15) is 6.10 Å². The summed E-state index contributed by atoms with van der Waals surface area (Å²) in [6, 6.07) is -0.701. The van der Waals surface area contributed by atoms with Crippen LogP contribution in [0.5, 0.6) is 0 Å². The van der Waals surface area contributed by atoms with Gasteiger partial charge in [-0.25, -0.2) is 0 Å². The third kappa shape index (κ3) is 35.6. The number of aliphatic hydroxyl groups is 2. The Bertz CT molecular complexity index is 787. The number of aliphatic hydroxyl groups excluding tert-OH is 2. The molecule has 0 heterocycles. The lowest BCUT2D eigenvalue weighted by Gasteiger charge is -2.24. The second-order valence-corrected chi connectivity index (χ2v) is 15.8. The maximum absolute atomic E-state index is 13.1. The van der Waals surface area contributed by atoms with Crippen molar-refractivity contribution in [1.29, 1.82) is 0 Å². The van der Waals surface area contributed by atoms with Crippen LogP contribution in [0.15, 0.2) is 12.2 Å². The summed E-state index contributed by atoms with van der Waals surface area (Å²) in [5, 5.41) is 23.6. The molecule has 6 nitrogen and oxygen atoms in total. The Morgan fingerprint density at radius 2 is 0.942 bits per heavy atom. The van der Waals surface area contributed by atoms with Gasteiger partial charge in [-0.15, -0.1) is 0 Å². The summed E-state index contributed by atoms with van der Waals surface area (Å²) < 4.78 is 5.88. The molecule has 3 N–H and O–H groups in total. The maximum Gasteiger partial charge on any atom is 0.306 e. The average molecular weight is 736 g/mol. The second kappa shape index (κ2) is 40.8. The standard InChI is InChI=1S/C46H89NO5/c1-4-7-10-13-16-19-22-24-27-30-33-36-39-46(51)52-42(37-34-31-28-25-23-20-17-14-11-8-5-2)40-45(50)47-43(41-48)44(49)38-35-32-29-26-21-18-15-12-9-6-3/h25,28,42-44,48-49H,4-24,26-27,29-41H2,1-3H3,(H,47,50)/b28-25-. The molecule has 0 saturated carbocycles. The van der Waals surface area contributed by atoms with Gasteiger partial charge in [0, 0.05) is 6.42 Å². The van der Waals surface area contributed by atoms with E-state index in [1.165, 1.54) is 141 Å². The largest absolute Gasteiger partial charge is 0.462 e. The monoisotopic (exact) mass is 736 g/mol. The fourth-order valence-corrected chi connectivity index (χ4v) is 7.08. The summed E-state index contributed by atoms with van der Waals surface area (Å²) >= 11 is 0. The molecule has 3 atom stereocenters. The Hall–Kier alpha value is -1.40. The van der Waals surface area contributed by atoms with Crippen molar-refractivity contribution in [2.24, 2.45) is 0 Å². The SMILES string of the molecule is CCCCCCCC/C=C\CCCC(CC(=O)NC(CO)C(O)CCCCCCCCCCCC)OC(=O)CCCCCCCCCCCCCC. The number of allylic oxidation sites excluding steroid dienone is 2. The van der Waals surface area contributed by atoms with E-state index in [0.717, 1.165) is 57.8 Å². The number of nitrogens with one attached hydrogen (secondary N) is 1. The molecule has 0 aliphatic heterocycles. The van der Waals surface area contributed by atoms with E-state index >= 15 is 0 Å². The number of carbonyl (C=O) groups is 2. The summed E-state index contributed by atoms with van der Waals surface area (Å²) in [7, 11) is 0. The molecule has 0 aliphatic carbocycles. The van der Waals surface area contributed by atoms with E-state index < -0.39 is 18.2 Å². The minimum absolute atomic E-state index is 0.0626. The first kappa shape index (κ1) is 50.6. The number of esters is 1. The van der Waals surface area contributed by atoms with E-state index in [2.05, 4.69) is 38.2 Å². The van der Waals surface area contributed by atoms with Crippen molar-refractivity contribution in [1.82, 2.24) is 5.32 Å². The molecule has 3 unspecified atom stereocenters. The normalized spacial score (nSPS) is 13.4. The van der Waals surface area contributed by atoms with Crippen LogP contribution in [0.4, 0.5) is 0 Å². The number of carbonyl (C=O) groups excluding carboxylic acids is 2. The highest BCUT2D eigenvalue weighted by atomic mass is 16.5. The average Bonchev–Trinajstić information content (AvgIpc) is 3.13. The van der Waals surface area contributed by atoms with Crippen molar-refractivity contribution >= 4 is 11.9 Å². The van der Waals surface area contributed by atoms with E-state index in [9.17, 15) is 19.8 Å². The zero-order chi connectivity index (χ0) is 38.2. The maximum atomic E-state index is 13.1. The van der Waals surface area contributed by atoms with E-state index in [-0.39, 0.29) is 24.9 Å². The highest BCUT2D eigenvalue weighted by molar-refractivity contribution is 5.77. The van der Waals surface area contributed by atoms with E-state index in [4.69, 9.17) is 4.74 Å². The lowest BCUT2D eigenvalue weighted by atomic mass is 10.0. The first-order valence-corrected chi connectivity index (χ1v) is 22.9. The predicted molar refractivity (Wildman–Crippen MR) is 223 cm³/mol. The lowest BCUT2D eigenvalue weighted by Crippen LogP contribution is -2.46. The summed E-state index contributed by atoms with van der Waals surface area (Å²) in [6.07, 6.45) is 42.7. The highest BCUT2D eigenvalue weighted by Gasteiger charge is 2.24. The van der Waals surface area contributed by atoms with Crippen LogP contribution < -0.4 is 5.32 Å². The van der Waals surface area contributed by atoms with Gasteiger partial charge in [0.05, 0.1) is 25.2 Å². The molecule has 0 radical (unpaired) electrons. The minimum Gasteiger partial charge on any atom is -0.462 e. The number of hydrogen-bond donors (Lipinski definition) is 3. The van der Waals surface area contributed by atoms with Crippen LogP contribution in [0.3, 0.4) is 0 Å². The van der Waals surface area contributed by atoms with Gasteiger partial charge in [-0.05, 0) is 44.9 Å². The van der Waals surface area contributed by atoms with Gasteiger partial charge in [0.15, 0.2) is 0 Å². The molecule has 308 valence electrons. The molecule has 1 amide bonds. The summed E-state index contributed by atoms with van der Waals surface area (Å²) in [6.45, 7) is 6.45. The molecule has 52 heavy (non-hydrogen) atoms. The Morgan fingerprint density at radius 3 is 1.40 bits per heavy atom. The van der Waals surface area contributed by atoms with Crippen LogP contribution in [-0.2, 0) is 14.3 Å². The van der Waals surface area contributed by atoms with Crippen LogP contribution in [0, 0.1) is 0 Å². The zero-order valence-corrected chi connectivity index (χ0v) is 35.0. The third-order valence-electron chi connectivity index (χ3n) is 10.6. The van der Waals surface area contributed by atoms with Crippen LogP contribution in [0.1, 0.15) is 245 Å². The highest BCUT2D eigenvalue weighted by Crippen LogP contribution is 2.17. The van der Waals surface area contributed by atoms with Crippen molar-refractivity contribution in [3.63, 3.8) is 0 Å². The smallest absolute Gasteiger partial charge is 0.306 e. The first-order chi connectivity index (χ1) is 25.5. The Morgan fingerprint density at radius 1 is 0.538 bits per heavy atom. The zero-order valence-electron chi connectivity index (χ0n) is 35.0. The predicted octanol–water partition coefficient (Wildman–Crippen LogP) is 13.0. The minimum atomic E-state index is -0.786. The lowest BCUT2D eigenvalue weighted by molar-refractivity contribution is -0.151. The van der Waals surface area contributed by atoms with Crippen LogP contribution in [-0.4, -0.2) is 46.9 Å². The quantitative estimate of drug-likeness (QED) is 0.0330. The van der Waals surface area contributed by atoms with E-state index in [1.807, 2.05) is 0 Å². The second-order valence-electron chi connectivity index (χ2n) is 15.8. The van der Waals surface area contributed by atoms with Gasteiger partial charge in [-0.2, -0.15) is 0 Å². The molecule has 0 saturated heterocycles. The van der Waals surface area contributed by atoms with E-state index in [0.29, 0.717) is 19.3 Å². The van der Waals surface area contributed by atoms with Gasteiger partial charge in [-0.1, -0.05) is 200 Å². The summed E-state index contributed by atoms with van der Waals surface area (Å²) in [4.78, 5) is 25.9. The number of unbranched alkanes of at least 4 members (excludes halogenated alkanes) is 27. The van der Waals surface area contributed by atoms with Crippen molar-refractivity contribution in [2.75, 3.05) is 6.61 Å². The topological polar surface area (TPSA) is 95.9 Å². The number of hydrogen-bond acceptors (Lipinski definition) is 5. The summed E-state index contributed by atoms with van der Waals surface area (Å²) in [5.41, 5.74) is 0. The molecule has 0 spiro atoms. The van der Waals surface area contributed by atoms with Gasteiger partial charge in [0.25, 0.3) is 0 Å². The molecular weight excluding hydrogens is 647 g/mol. The molecule has 0 aromatic heterocycles. The van der Waals surface area contributed by atoms with Gasteiger partial charge in [0.2, 0.25) is 5.91 Å². The van der Waals surface area contributed by atoms with E-state index in [1.54, 1.807) is 0 Å². The molecule has 0 bridgehead atoms. The van der Waals surface area contributed by atoms with Crippen molar-refractivity contribution in [3.8, 4) is 0 Å². The van der Waals surface area contributed by atoms with Gasteiger partial charge in [-0.3, -0.25) is 9.59 Å². The number of rotatable bonds is 41. The van der Waals surface area contributed by atoms with Crippen LogP contribution >= 0.6 is 0 Å². The molecular formula is C46H89NO5. The Kier molecular flexibility index (Phi) is 39.7. The Labute approximate surface area is 323 Å². The number of ether oxygens (including phenoxy) is 1. The van der Waals surface area contributed by atoms with Crippen molar-refractivity contribution in [2.45, 2.75) is 264 Å². The molecule has 0 aliphatic rings. The molecule has 0 rings (SSSR count).